The molecule has 4 rings (SSSR count). The third-order valence-corrected chi connectivity index (χ3v) is 4.71. The first-order valence-corrected chi connectivity index (χ1v) is 9.80. The van der Waals surface area contributed by atoms with Crippen LogP contribution >= 0.6 is 23.8 Å². The van der Waals surface area contributed by atoms with Gasteiger partial charge in [0.05, 0.1) is 5.39 Å². The predicted molar refractivity (Wildman–Crippen MR) is 120 cm³/mol. The highest BCUT2D eigenvalue weighted by Crippen LogP contribution is 2.24. The van der Waals surface area contributed by atoms with Crippen molar-refractivity contribution in [3.8, 4) is 5.75 Å². The molecule has 0 aliphatic rings. The van der Waals surface area contributed by atoms with E-state index in [1.807, 2.05) is 54.6 Å². The molecule has 0 fully saturated rings. The van der Waals surface area contributed by atoms with Crippen molar-refractivity contribution in [1.82, 2.24) is 10.3 Å². The van der Waals surface area contributed by atoms with E-state index < -0.39 is 5.91 Å². The van der Waals surface area contributed by atoms with Gasteiger partial charge in [0, 0.05) is 18.0 Å². The Morgan fingerprint density at radius 1 is 1.10 bits per heavy atom. The monoisotopic (exact) mass is 437 g/mol. The van der Waals surface area contributed by atoms with Crippen LogP contribution in [0.2, 0.25) is 5.15 Å². The van der Waals surface area contributed by atoms with Gasteiger partial charge in [-0.2, -0.15) is 0 Å². The molecule has 0 unspecified atom stereocenters. The number of ether oxygens (including phenoxy) is 1. The zero-order valence-electron chi connectivity index (χ0n) is 15.6. The molecular weight excluding hydrogens is 422 g/mol. The summed E-state index contributed by atoms with van der Waals surface area (Å²) >= 11 is 11.2. The molecule has 8 heteroatoms. The zero-order chi connectivity index (χ0) is 20.9. The number of hydrogen-bond donors (Lipinski definition) is 2. The molecule has 2 heterocycles. The van der Waals surface area contributed by atoms with Crippen molar-refractivity contribution in [2.75, 3.05) is 5.32 Å². The van der Waals surface area contributed by atoms with Gasteiger partial charge in [-0.1, -0.05) is 41.9 Å². The van der Waals surface area contributed by atoms with Crippen LogP contribution in [0, 0.1) is 0 Å². The van der Waals surface area contributed by atoms with E-state index >= 15 is 0 Å². The first kappa shape index (κ1) is 19.9. The summed E-state index contributed by atoms with van der Waals surface area (Å²) in [5.41, 5.74) is 2.28. The highest BCUT2D eigenvalue weighted by atomic mass is 35.5. The number of amides is 1. The van der Waals surface area contributed by atoms with E-state index in [4.69, 9.17) is 33.0 Å². The van der Waals surface area contributed by atoms with Crippen LogP contribution in [0.25, 0.3) is 11.0 Å². The molecule has 30 heavy (non-hydrogen) atoms. The number of anilines is 1. The number of furan rings is 1. The predicted octanol–water partition coefficient (Wildman–Crippen LogP) is 5.19. The summed E-state index contributed by atoms with van der Waals surface area (Å²) < 4.78 is 11.3. The number of pyridine rings is 1. The maximum atomic E-state index is 12.4. The number of nitrogens with zero attached hydrogens (tertiary/aromatic N) is 1. The standard InChI is InChI=1S/C22H16ClN3O3S/c23-20-17-12-19(29-18(17)10-11-24-20)21(27)26-22(30)25-15-6-8-16(9-7-15)28-13-14-4-2-1-3-5-14/h1-12H,13H2,(H2,25,26,27,30). The van der Waals surface area contributed by atoms with E-state index in [0.717, 1.165) is 11.3 Å². The minimum absolute atomic E-state index is 0.0914. The number of nitrogens with one attached hydrogen (secondary N) is 2. The fourth-order valence-corrected chi connectivity index (χ4v) is 3.16. The Balaban J connectivity index is 1.33. The van der Waals surface area contributed by atoms with Crippen molar-refractivity contribution < 1.29 is 13.9 Å². The second-order valence-corrected chi connectivity index (χ2v) is 7.10. The van der Waals surface area contributed by atoms with Crippen LogP contribution in [0.3, 0.4) is 0 Å². The summed E-state index contributed by atoms with van der Waals surface area (Å²) in [7, 11) is 0. The summed E-state index contributed by atoms with van der Waals surface area (Å²) in [6, 6.07) is 20.3. The summed E-state index contributed by atoms with van der Waals surface area (Å²) in [5, 5.41) is 6.51. The molecule has 0 bridgehead atoms. The first-order chi connectivity index (χ1) is 14.6. The Hall–Kier alpha value is -3.42. The largest absolute Gasteiger partial charge is 0.489 e. The number of carbonyl (C=O) groups is 1. The van der Waals surface area contributed by atoms with Crippen molar-refractivity contribution in [3.05, 3.63) is 89.4 Å². The van der Waals surface area contributed by atoms with E-state index in [1.54, 1.807) is 6.07 Å². The Morgan fingerprint density at radius 2 is 1.87 bits per heavy atom. The fraction of sp³-hybridized carbons (Fsp3) is 0.0455. The lowest BCUT2D eigenvalue weighted by Crippen LogP contribution is -2.33. The quantitative estimate of drug-likeness (QED) is 0.330. The molecule has 0 saturated heterocycles. The number of halogens is 1. The van der Waals surface area contributed by atoms with Crippen molar-refractivity contribution in [3.63, 3.8) is 0 Å². The van der Waals surface area contributed by atoms with E-state index in [0.29, 0.717) is 23.3 Å². The zero-order valence-corrected chi connectivity index (χ0v) is 17.2. The van der Waals surface area contributed by atoms with E-state index in [9.17, 15) is 4.79 Å². The normalized spacial score (nSPS) is 10.6. The van der Waals surface area contributed by atoms with Gasteiger partial charge >= 0.3 is 0 Å². The van der Waals surface area contributed by atoms with Gasteiger partial charge in [-0.15, -0.1) is 0 Å². The van der Waals surface area contributed by atoms with Gasteiger partial charge in [0.1, 0.15) is 23.1 Å². The van der Waals surface area contributed by atoms with Gasteiger partial charge in [-0.3, -0.25) is 10.1 Å². The average Bonchev–Trinajstić information content (AvgIpc) is 3.20. The van der Waals surface area contributed by atoms with E-state index in [1.165, 1.54) is 12.3 Å². The molecule has 150 valence electrons. The number of fused-ring (bicyclic) bond motifs is 1. The van der Waals surface area contributed by atoms with Crippen LogP contribution in [-0.2, 0) is 6.61 Å². The smallest absolute Gasteiger partial charge is 0.293 e. The van der Waals surface area contributed by atoms with Crippen LogP contribution in [0.4, 0.5) is 5.69 Å². The van der Waals surface area contributed by atoms with E-state index in [-0.39, 0.29) is 16.0 Å². The number of carbonyl (C=O) groups excluding carboxylic acids is 1. The maximum absolute atomic E-state index is 12.4. The molecular formula is C22H16ClN3O3S. The van der Waals surface area contributed by atoms with Crippen LogP contribution < -0.4 is 15.4 Å². The minimum Gasteiger partial charge on any atom is -0.489 e. The molecule has 0 radical (unpaired) electrons. The molecule has 2 aromatic carbocycles. The van der Waals surface area contributed by atoms with Crippen molar-refractivity contribution in [2.24, 2.45) is 0 Å². The highest BCUT2D eigenvalue weighted by Gasteiger charge is 2.15. The van der Waals surface area contributed by atoms with Gasteiger partial charge in [-0.05, 0) is 48.1 Å². The fourth-order valence-electron chi connectivity index (χ4n) is 2.74. The lowest BCUT2D eigenvalue weighted by atomic mass is 10.2. The summed E-state index contributed by atoms with van der Waals surface area (Å²) in [6.45, 7) is 0.485. The second-order valence-electron chi connectivity index (χ2n) is 6.33. The van der Waals surface area contributed by atoms with Crippen LogP contribution in [0.5, 0.6) is 5.75 Å². The molecule has 0 aliphatic carbocycles. The van der Waals surface area contributed by atoms with Gasteiger partial charge in [-0.25, -0.2) is 4.98 Å². The average molecular weight is 438 g/mol. The topological polar surface area (TPSA) is 76.4 Å². The third-order valence-electron chi connectivity index (χ3n) is 4.21. The Bertz CT molecular complexity index is 1190. The van der Waals surface area contributed by atoms with Gasteiger partial charge in [0.2, 0.25) is 0 Å². The number of thiocarbonyl (C=S) groups is 1. The third kappa shape index (κ3) is 4.76. The van der Waals surface area contributed by atoms with Crippen LogP contribution in [0.1, 0.15) is 16.1 Å². The minimum atomic E-state index is -0.484. The molecule has 0 aliphatic heterocycles. The van der Waals surface area contributed by atoms with Crippen LogP contribution in [-0.4, -0.2) is 16.0 Å². The number of hydrogen-bond acceptors (Lipinski definition) is 5. The van der Waals surface area contributed by atoms with Crippen molar-refractivity contribution in [1.29, 1.82) is 0 Å². The molecule has 1 amide bonds. The van der Waals surface area contributed by atoms with Crippen LogP contribution in [0.15, 0.2) is 77.3 Å². The molecule has 4 aromatic rings. The SMILES string of the molecule is O=C(NC(=S)Nc1ccc(OCc2ccccc2)cc1)c1cc2c(Cl)nccc2o1. The molecule has 2 aromatic heterocycles. The van der Waals surface area contributed by atoms with Gasteiger partial charge in [0.15, 0.2) is 10.9 Å². The summed E-state index contributed by atoms with van der Waals surface area (Å²) in [5.74, 6) is 0.336. The Labute approximate surface area is 182 Å². The van der Waals surface area contributed by atoms with Crippen molar-refractivity contribution in [2.45, 2.75) is 6.61 Å². The Kier molecular flexibility index (Phi) is 5.92. The van der Waals surface area contributed by atoms with Gasteiger partial charge in [0.25, 0.3) is 5.91 Å². The molecule has 0 saturated carbocycles. The molecule has 0 atom stereocenters. The van der Waals surface area contributed by atoms with E-state index in [2.05, 4.69) is 15.6 Å². The number of rotatable bonds is 5. The lowest BCUT2D eigenvalue weighted by Gasteiger charge is -2.10. The molecule has 6 nitrogen and oxygen atoms in total. The maximum Gasteiger partial charge on any atom is 0.293 e. The highest BCUT2D eigenvalue weighted by molar-refractivity contribution is 7.80. The summed E-state index contributed by atoms with van der Waals surface area (Å²) in [6.07, 6.45) is 1.51. The molecule has 0 spiro atoms. The molecule has 2 N–H and O–H groups in total. The van der Waals surface area contributed by atoms with Crippen molar-refractivity contribution >= 4 is 51.5 Å². The van der Waals surface area contributed by atoms with Gasteiger partial charge < -0.3 is 14.5 Å². The number of aromatic nitrogens is 1. The Morgan fingerprint density at radius 3 is 2.60 bits per heavy atom. The summed E-state index contributed by atoms with van der Waals surface area (Å²) in [4.78, 5) is 16.3. The lowest BCUT2D eigenvalue weighted by molar-refractivity contribution is 0.0953. The number of benzene rings is 2. The second kappa shape index (κ2) is 8.94. The first-order valence-electron chi connectivity index (χ1n) is 9.02.